The molecule has 37 heavy (non-hydrogen) atoms. The lowest BCUT2D eigenvalue weighted by atomic mass is 9.96. The van der Waals surface area contributed by atoms with Crippen LogP contribution in [-0.2, 0) is 6.18 Å². The molecule has 1 aliphatic heterocycles. The Bertz CT molecular complexity index is 1320. The molecule has 6 nitrogen and oxygen atoms in total. The van der Waals surface area contributed by atoms with Gasteiger partial charge in [0.2, 0.25) is 5.82 Å². The average molecular weight is 509 g/mol. The molecular formula is C28H27F3N4O2. The highest BCUT2D eigenvalue weighted by molar-refractivity contribution is 5.92. The first kappa shape index (κ1) is 24.8. The number of halogens is 3. The maximum absolute atomic E-state index is 13.7. The summed E-state index contributed by atoms with van der Waals surface area (Å²) >= 11 is 0. The summed E-state index contributed by atoms with van der Waals surface area (Å²) in [6, 6.07) is 23.7. The van der Waals surface area contributed by atoms with Crippen molar-refractivity contribution >= 4 is 16.7 Å². The average Bonchev–Trinajstić information content (AvgIpc) is 2.93. The van der Waals surface area contributed by atoms with Crippen LogP contribution >= 0.6 is 0 Å². The molecule has 0 spiro atoms. The van der Waals surface area contributed by atoms with Crippen molar-refractivity contribution in [2.75, 3.05) is 45.3 Å². The number of alkyl halides is 3. The second-order valence-electron chi connectivity index (χ2n) is 8.84. The van der Waals surface area contributed by atoms with Crippen molar-refractivity contribution in [3.8, 4) is 11.5 Å². The van der Waals surface area contributed by atoms with Crippen LogP contribution in [0.25, 0.3) is 10.9 Å². The first-order chi connectivity index (χ1) is 17.9. The molecule has 0 aliphatic carbocycles. The van der Waals surface area contributed by atoms with E-state index in [1.807, 2.05) is 41.3 Å². The van der Waals surface area contributed by atoms with Crippen LogP contribution < -0.4 is 14.4 Å². The van der Waals surface area contributed by atoms with Crippen LogP contribution in [0, 0.1) is 0 Å². The lowest BCUT2D eigenvalue weighted by Crippen LogP contribution is -2.48. The van der Waals surface area contributed by atoms with Gasteiger partial charge in [-0.25, -0.2) is 9.97 Å². The summed E-state index contributed by atoms with van der Waals surface area (Å²) in [4.78, 5) is 12.0. The molecule has 0 unspecified atom stereocenters. The van der Waals surface area contributed by atoms with E-state index in [1.54, 1.807) is 6.07 Å². The number of ether oxygens (including phenoxy) is 2. The van der Waals surface area contributed by atoms with E-state index in [2.05, 4.69) is 39.1 Å². The number of rotatable bonds is 6. The van der Waals surface area contributed by atoms with E-state index in [9.17, 15) is 13.2 Å². The highest BCUT2D eigenvalue weighted by atomic mass is 19.4. The number of benzene rings is 3. The molecule has 1 saturated heterocycles. The molecule has 9 heteroatoms. The number of piperazine rings is 1. The van der Waals surface area contributed by atoms with Crippen LogP contribution in [0.2, 0.25) is 0 Å². The van der Waals surface area contributed by atoms with E-state index in [-0.39, 0.29) is 17.4 Å². The number of hydrogen-bond acceptors (Lipinski definition) is 6. The van der Waals surface area contributed by atoms with Gasteiger partial charge in [0, 0.05) is 37.6 Å². The standard InChI is InChI=1S/C28H27F3N4O2/c1-36-23-17-21-22(18-24(23)37-2)32-27(28(29,30)31)33-26(21)35-15-13-34(14-16-35)25(19-9-5-3-6-10-19)20-11-7-4-8-12-20/h3-12,17-18,25H,13-16H2,1-2H3. The summed E-state index contributed by atoms with van der Waals surface area (Å²) in [5.74, 6) is -0.206. The molecule has 3 aromatic carbocycles. The summed E-state index contributed by atoms with van der Waals surface area (Å²) in [7, 11) is 2.92. The summed E-state index contributed by atoms with van der Waals surface area (Å²) in [6.45, 7) is 2.31. The minimum atomic E-state index is -4.68. The first-order valence-corrected chi connectivity index (χ1v) is 12.0. The van der Waals surface area contributed by atoms with Gasteiger partial charge in [0.25, 0.3) is 0 Å². The van der Waals surface area contributed by atoms with Gasteiger partial charge in [-0.1, -0.05) is 60.7 Å². The van der Waals surface area contributed by atoms with Crippen molar-refractivity contribution in [1.82, 2.24) is 14.9 Å². The quantitative estimate of drug-likeness (QED) is 0.339. The van der Waals surface area contributed by atoms with Crippen molar-refractivity contribution in [3.63, 3.8) is 0 Å². The largest absolute Gasteiger partial charge is 0.493 e. The lowest BCUT2D eigenvalue weighted by molar-refractivity contribution is -0.144. The second-order valence-corrected chi connectivity index (χ2v) is 8.84. The fourth-order valence-electron chi connectivity index (χ4n) is 4.88. The summed E-state index contributed by atoms with van der Waals surface area (Å²) < 4.78 is 51.9. The monoisotopic (exact) mass is 508 g/mol. The van der Waals surface area contributed by atoms with Gasteiger partial charge in [-0.3, -0.25) is 4.90 Å². The zero-order chi connectivity index (χ0) is 26.0. The molecule has 1 aromatic heterocycles. The van der Waals surface area contributed by atoms with E-state index in [0.29, 0.717) is 43.1 Å². The highest BCUT2D eigenvalue weighted by Crippen LogP contribution is 2.38. The maximum atomic E-state index is 13.7. The van der Waals surface area contributed by atoms with E-state index in [1.165, 1.54) is 31.4 Å². The second kappa shape index (κ2) is 10.3. The molecular weight excluding hydrogens is 481 g/mol. The van der Waals surface area contributed by atoms with E-state index in [4.69, 9.17) is 9.47 Å². The molecule has 0 amide bonds. The number of fused-ring (bicyclic) bond motifs is 1. The third kappa shape index (κ3) is 5.04. The van der Waals surface area contributed by atoms with Crippen molar-refractivity contribution in [1.29, 1.82) is 0 Å². The molecule has 0 saturated carbocycles. The lowest BCUT2D eigenvalue weighted by Gasteiger charge is -2.40. The third-order valence-electron chi connectivity index (χ3n) is 6.64. The number of aromatic nitrogens is 2. The van der Waals surface area contributed by atoms with Crippen LogP contribution in [-0.4, -0.2) is 55.3 Å². The van der Waals surface area contributed by atoms with Crippen LogP contribution in [0.1, 0.15) is 23.0 Å². The molecule has 1 fully saturated rings. The van der Waals surface area contributed by atoms with Gasteiger partial charge in [-0.2, -0.15) is 13.2 Å². The molecule has 0 radical (unpaired) electrons. The van der Waals surface area contributed by atoms with E-state index >= 15 is 0 Å². The number of methoxy groups -OCH3 is 2. The van der Waals surface area contributed by atoms with Gasteiger partial charge in [0.05, 0.1) is 25.8 Å². The van der Waals surface area contributed by atoms with Crippen LogP contribution in [0.3, 0.4) is 0 Å². The van der Waals surface area contributed by atoms with Crippen molar-refractivity contribution in [3.05, 3.63) is 89.7 Å². The molecule has 192 valence electrons. The number of nitrogens with zero attached hydrogens (tertiary/aromatic N) is 4. The minimum absolute atomic E-state index is 0.0433. The predicted octanol–water partition coefficient (Wildman–Crippen LogP) is 5.58. The van der Waals surface area contributed by atoms with Gasteiger partial charge >= 0.3 is 6.18 Å². The molecule has 1 aliphatic rings. The molecule has 0 bridgehead atoms. The fraction of sp³-hybridized carbons (Fsp3) is 0.286. The Hall–Kier alpha value is -3.85. The topological polar surface area (TPSA) is 50.7 Å². The third-order valence-corrected chi connectivity index (χ3v) is 6.64. The van der Waals surface area contributed by atoms with Crippen LogP contribution in [0.5, 0.6) is 11.5 Å². The summed E-state index contributed by atoms with van der Waals surface area (Å²) in [6.07, 6.45) is -4.68. The number of hydrogen-bond donors (Lipinski definition) is 0. The summed E-state index contributed by atoms with van der Waals surface area (Å²) in [5, 5.41) is 0.488. The Balaban J connectivity index is 1.49. The van der Waals surface area contributed by atoms with Crippen LogP contribution in [0.4, 0.5) is 19.0 Å². The van der Waals surface area contributed by atoms with Crippen molar-refractivity contribution < 1.29 is 22.6 Å². The van der Waals surface area contributed by atoms with Crippen molar-refractivity contribution in [2.24, 2.45) is 0 Å². The Morgan fingerprint density at radius 3 is 1.81 bits per heavy atom. The Morgan fingerprint density at radius 2 is 1.30 bits per heavy atom. The highest BCUT2D eigenvalue weighted by Gasteiger charge is 2.37. The Labute approximate surface area is 213 Å². The molecule has 0 atom stereocenters. The van der Waals surface area contributed by atoms with E-state index in [0.717, 1.165) is 0 Å². The zero-order valence-corrected chi connectivity index (χ0v) is 20.6. The predicted molar refractivity (Wildman–Crippen MR) is 136 cm³/mol. The molecule has 2 heterocycles. The van der Waals surface area contributed by atoms with Gasteiger partial charge < -0.3 is 14.4 Å². The van der Waals surface area contributed by atoms with E-state index < -0.39 is 12.0 Å². The Kier molecular flexibility index (Phi) is 6.88. The molecule has 4 aromatic rings. The van der Waals surface area contributed by atoms with Gasteiger partial charge in [0.1, 0.15) is 5.82 Å². The first-order valence-electron chi connectivity index (χ1n) is 12.0. The number of anilines is 1. The smallest absolute Gasteiger partial charge is 0.451 e. The Morgan fingerprint density at radius 1 is 0.757 bits per heavy atom. The molecule has 0 N–H and O–H groups in total. The fourth-order valence-corrected chi connectivity index (χ4v) is 4.88. The normalized spacial score (nSPS) is 14.8. The zero-order valence-electron chi connectivity index (χ0n) is 20.6. The van der Waals surface area contributed by atoms with Gasteiger partial charge in [-0.15, -0.1) is 0 Å². The minimum Gasteiger partial charge on any atom is -0.493 e. The van der Waals surface area contributed by atoms with Crippen LogP contribution in [0.15, 0.2) is 72.8 Å². The van der Waals surface area contributed by atoms with Gasteiger partial charge in [0.15, 0.2) is 11.5 Å². The summed E-state index contributed by atoms with van der Waals surface area (Å²) in [5.41, 5.74) is 2.50. The molecule has 5 rings (SSSR count). The van der Waals surface area contributed by atoms with Gasteiger partial charge in [-0.05, 0) is 17.2 Å². The maximum Gasteiger partial charge on any atom is 0.451 e. The van der Waals surface area contributed by atoms with Crippen molar-refractivity contribution in [2.45, 2.75) is 12.2 Å². The SMILES string of the molecule is COc1cc2nc(C(F)(F)F)nc(N3CCN(C(c4ccccc4)c4ccccc4)CC3)c2cc1OC.